The van der Waals surface area contributed by atoms with Crippen molar-refractivity contribution in [3.8, 4) is 5.82 Å². The lowest BCUT2D eigenvalue weighted by molar-refractivity contribution is -0.114. The number of hydrogen-bond donors (Lipinski definition) is 2. The minimum absolute atomic E-state index is 0.109. The number of benzene rings is 1. The Morgan fingerprint density at radius 1 is 1.03 bits per heavy atom. The molecule has 1 saturated heterocycles. The van der Waals surface area contributed by atoms with Crippen LogP contribution in [0.15, 0.2) is 85.3 Å². The van der Waals surface area contributed by atoms with Gasteiger partial charge in [0.05, 0.1) is 11.7 Å². The molecule has 2 N–H and O–H groups in total. The minimum Gasteiger partial charge on any atom is -0.351 e. The van der Waals surface area contributed by atoms with Gasteiger partial charge in [-0.05, 0) is 79.3 Å². The first kappa shape index (κ1) is 21.8. The van der Waals surface area contributed by atoms with Gasteiger partial charge in [-0.3, -0.25) is 9.78 Å². The Morgan fingerprint density at radius 2 is 1.85 bits per heavy atom. The fourth-order valence-electron chi connectivity index (χ4n) is 4.29. The second kappa shape index (κ2) is 9.07. The van der Waals surface area contributed by atoms with Crippen molar-refractivity contribution < 1.29 is 4.79 Å². The highest BCUT2D eigenvalue weighted by Crippen LogP contribution is 2.42. The van der Waals surface area contributed by atoms with Crippen LogP contribution in [0.25, 0.3) is 5.82 Å². The summed E-state index contributed by atoms with van der Waals surface area (Å²) in [4.78, 5) is 22.8. The van der Waals surface area contributed by atoms with Crippen molar-refractivity contribution in [3.63, 3.8) is 0 Å². The summed E-state index contributed by atoms with van der Waals surface area (Å²) in [5.41, 5.74) is 4.69. The lowest BCUT2D eigenvalue weighted by Gasteiger charge is -2.29. The Kier molecular flexibility index (Phi) is 5.81. The molecular formula is C26H24N6OS. The van der Waals surface area contributed by atoms with Gasteiger partial charge in [-0.1, -0.05) is 12.1 Å². The van der Waals surface area contributed by atoms with Crippen LogP contribution < -0.4 is 15.5 Å². The number of nitrogens with one attached hydrogen (secondary N) is 2. The van der Waals surface area contributed by atoms with E-state index in [-0.39, 0.29) is 18.0 Å². The third-order valence-corrected chi connectivity index (χ3v) is 6.10. The molecule has 4 heterocycles. The molecule has 0 radical (unpaired) electrons. The van der Waals surface area contributed by atoms with Gasteiger partial charge < -0.3 is 20.1 Å². The number of pyridine rings is 2. The molecule has 7 nitrogen and oxygen atoms in total. The standard InChI is InChI=1S/C26H24N6OS/c1-17-8-13-23(28-16-17)31-15-5-7-22(31)25-24(21-6-3-4-14-27-21)30-26(34)32(25)20-11-9-19(10-12-20)29-18(2)33/h3-16,24-25H,1-2H3,(H,29,33)(H,30,34)/t24-,25+/m0/s1. The number of hydrogen-bond acceptors (Lipinski definition) is 4. The quantitative estimate of drug-likeness (QED) is 0.413. The van der Waals surface area contributed by atoms with E-state index in [0.717, 1.165) is 34.1 Å². The molecule has 1 fully saturated rings. The minimum atomic E-state index is -0.174. The van der Waals surface area contributed by atoms with Gasteiger partial charge in [-0.15, -0.1) is 0 Å². The van der Waals surface area contributed by atoms with Gasteiger partial charge in [0, 0.05) is 42.6 Å². The molecule has 0 unspecified atom stereocenters. The molecule has 1 aromatic carbocycles. The molecule has 1 aliphatic heterocycles. The molecule has 34 heavy (non-hydrogen) atoms. The van der Waals surface area contributed by atoms with Gasteiger partial charge >= 0.3 is 0 Å². The monoisotopic (exact) mass is 468 g/mol. The first-order chi connectivity index (χ1) is 16.5. The normalized spacial score (nSPS) is 17.5. The van der Waals surface area contributed by atoms with Crippen molar-refractivity contribution in [2.45, 2.75) is 25.9 Å². The second-order valence-electron chi connectivity index (χ2n) is 8.22. The van der Waals surface area contributed by atoms with Crippen molar-refractivity contribution in [3.05, 3.63) is 102 Å². The number of rotatable bonds is 5. The van der Waals surface area contributed by atoms with Crippen LogP contribution >= 0.6 is 12.2 Å². The molecular weight excluding hydrogens is 444 g/mol. The number of aromatic nitrogens is 3. The first-order valence-electron chi connectivity index (χ1n) is 11.0. The molecule has 4 aromatic rings. The third kappa shape index (κ3) is 4.15. The number of aryl methyl sites for hydroxylation is 1. The average Bonchev–Trinajstić information content (AvgIpc) is 3.45. The Labute approximate surface area is 203 Å². The molecule has 8 heteroatoms. The molecule has 2 atom stereocenters. The Morgan fingerprint density at radius 3 is 2.53 bits per heavy atom. The number of carbonyl (C=O) groups excluding carboxylic acids is 1. The summed E-state index contributed by atoms with van der Waals surface area (Å²) in [5.74, 6) is 0.728. The van der Waals surface area contributed by atoms with E-state index in [1.165, 1.54) is 6.92 Å². The maximum absolute atomic E-state index is 11.4. The predicted molar refractivity (Wildman–Crippen MR) is 137 cm³/mol. The van der Waals surface area contributed by atoms with E-state index in [1.807, 2.05) is 73.9 Å². The van der Waals surface area contributed by atoms with E-state index < -0.39 is 0 Å². The zero-order chi connectivity index (χ0) is 23.7. The molecule has 170 valence electrons. The SMILES string of the molecule is CC(=O)Nc1ccc(N2C(=S)N[C@@H](c3ccccn3)[C@H]2c2cccn2-c2ccc(C)cn2)cc1. The van der Waals surface area contributed by atoms with E-state index in [0.29, 0.717) is 5.11 Å². The smallest absolute Gasteiger partial charge is 0.221 e. The third-order valence-electron chi connectivity index (χ3n) is 5.79. The summed E-state index contributed by atoms with van der Waals surface area (Å²) in [6.07, 6.45) is 5.68. The van der Waals surface area contributed by atoms with Gasteiger partial charge in [-0.2, -0.15) is 0 Å². The van der Waals surface area contributed by atoms with Crippen molar-refractivity contribution in [2.75, 3.05) is 10.2 Å². The molecule has 1 aliphatic rings. The number of thiocarbonyl (C=S) groups is 1. The zero-order valence-electron chi connectivity index (χ0n) is 18.8. The van der Waals surface area contributed by atoms with Crippen LogP contribution in [0.5, 0.6) is 0 Å². The van der Waals surface area contributed by atoms with Crippen LogP contribution in [0.3, 0.4) is 0 Å². The van der Waals surface area contributed by atoms with Crippen LogP contribution in [0, 0.1) is 6.92 Å². The van der Waals surface area contributed by atoms with Crippen LogP contribution in [0.2, 0.25) is 0 Å². The summed E-state index contributed by atoms with van der Waals surface area (Å²) in [5, 5.41) is 6.91. The topological polar surface area (TPSA) is 75.1 Å². The second-order valence-corrected chi connectivity index (χ2v) is 8.61. The maximum atomic E-state index is 11.4. The van der Waals surface area contributed by atoms with E-state index in [1.54, 1.807) is 6.20 Å². The summed E-state index contributed by atoms with van der Waals surface area (Å²) in [7, 11) is 0. The highest BCUT2D eigenvalue weighted by molar-refractivity contribution is 7.80. The molecule has 1 amide bonds. The molecule has 0 spiro atoms. The van der Waals surface area contributed by atoms with Gasteiger partial charge in [0.15, 0.2) is 5.11 Å². The van der Waals surface area contributed by atoms with Crippen LogP contribution in [0.1, 0.15) is 36.0 Å². The van der Waals surface area contributed by atoms with Crippen molar-refractivity contribution >= 4 is 34.6 Å². The number of amides is 1. The summed E-state index contributed by atoms with van der Waals surface area (Å²) >= 11 is 5.82. The van der Waals surface area contributed by atoms with Gasteiger partial charge in [-0.25, -0.2) is 4.98 Å². The van der Waals surface area contributed by atoms with E-state index >= 15 is 0 Å². The Balaban J connectivity index is 1.61. The number of nitrogens with zero attached hydrogens (tertiary/aromatic N) is 4. The van der Waals surface area contributed by atoms with Crippen LogP contribution in [-0.4, -0.2) is 25.6 Å². The van der Waals surface area contributed by atoms with Gasteiger partial charge in [0.2, 0.25) is 5.91 Å². The van der Waals surface area contributed by atoms with Crippen LogP contribution in [-0.2, 0) is 4.79 Å². The average molecular weight is 469 g/mol. The van der Waals surface area contributed by atoms with E-state index in [2.05, 4.69) is 42.2 Å². The fraction of sp³-hybridized carbons (Fsp3) is 0.154. The van der Waals surface area contributed by atoms with Crippen molar-refractivity contribution in [2.24, 2.45) is 0 Å². The van der Waals surface area contributed by atoms with Crippen LogP contribution in [0.4, 0.5) is 11.4 Å². The number of anilines is 2. The molecule has 0 saturated carbocycles. The molecule has 3 aromatic heterocycles. The maximum Gasteiger partial charge on any atom is 0.221 e. The fourth-order valence-corrected chi connectivity index (χ4v) is 4.63. The van der Waals surface area contributed by atoms with Crippen molar-refractivity contribution in [1.29, 1.82) is 0 Å². The van der Waals surface area contributed by atoms with Gasteiger partial charge in [0.25, 0.3) is 0 Å². The Bertz CT molecular complexity index is 1320. The summed E-state index contributed by atoms with van der Waals surface area (Å²) < 4.78 is 2.09. The molecule has 5 rings (SSSR count). The summed E-state index contributed by atoms with van der Waals surface area (Å²) in [6, 6.07) is 21.4. The van der Waals surface area contributed by atoms with Crippen molar-refractivity contribution in [1.82, 2.24) is 19.9 Å². The first-order valence-corrected chi connectivity index (χ1v) is 11.4. The number of carbonyl (C=O) groups is 1. The molecule has 0 bridgehead atoms. The summed E-state index contributed by atoms with van der Waals surface area (Å²) in [6.45, 7) is 3.52. The highest BCUT2D eigenvalue weighted by Gasteiger charge is 2.42. The lowest BCUT2D eigenvalue weighted by atomic mass is 10.0. The predicted octanol–water partition coefficient (Wildman–Crippen LogP) is 4.71. The van der Waals surface area contributed by atoms with Gasteiger partial charge in [0.1, 0.15) is 11.9 Å². The van der Waals surface area contributed by atoms with E-state index in [9.17, 15) is 4.79 Å². The lowest BCUT2D eigenvalue weighted by Crippen LogP contribution is -2.30. The largest absolute Gasteiger partial charge is 0.351 e. The van der Waals surface area contributed by atoms with E-state index in [4.69, 9.17) is 12.2 Å². The Hall–Kier alpha value is -4.04. The zero-order valence-corrected chi connectivity index (χ0v) is 19.7. The molecule has 0 aliphatic carbocycles. The highest BCUT2D eigenvalue weighted by atomic mass is 32.1.